The first kappa shape index (κ1) is 27.4. The maximum absolute atomic E-state index is 12.9. The van der Waals surface area contributed by atoms with Gasteiger partial charge in [-0.15, -0.1) is 5.10 Å². The summed E-state index contributed by atoms with van der Waals surface area (Å²) in [5.74, 6) is 0.983. The molecule has 0 aliphatic carbocycles. The summed E-state index contributed by atoms with van der Waals surface area (Å²) in [5.41, 5.74) is 7.20. The van der Waals surface area contributed by atoms with Crippen molar-refractivity contribution in [3.05, 3.63) is 40.0 Å². The standard InChI is InChI=1S/C26H33Cl2N9O2/c1-3-18-15-36(23-21(28)31-20(22(29)32-23)24-33-34-26(39-24)30-4-2)13-14-37(18)19-9-11-35(12-10-19)25(38)16-5-7-17(27)8-6-16/h5-8,18-19H,3-4,9-15H2,1-2H3,(H2,29,32)(H,30,34)/t18-/m0/s1. The molecule has 1 amide bonds. The van der Waals surface area contributed by atoms with Gasteiger partial charge in [-0.3, -0.25) is 9.69 Å². The minimum Gasteiger partial charge on any atom is -0.402 e. The van der Waals surface area contributed by atoms with E-state index in [-0.39, 0.29) is 34.5 Å². The van der Waals surface area contributed by atoms with Gasteiger partial charge in [0, 0.05) is 61.9 Å². The second-order valence-corrected chi connectivity index (χ2v) is 10.6. The summed E-state index contributed by atoms with van der Waals surface area (Å²) in [6.07, 6.45) is 2.86. The van der Waals surface area contributed by atoms with Gasteiger partial charge < -0.3 is 25.3 Å². The van der Waals surface area contributed by atoms with Gasteiger partial charge in [-0.1, -0.05) is 35.2 Å². The first-order valence-corrected chi connectivity index (χ1v) is 14.1. The van der Waals surface area contributed by atoms with Crippen LogP contribution in [0.4, 0.5) is 17.7 Å². The molecule has 3 aromatic rings. The van der Waals surface area contributed by atoms with E-state index in [0.29, 0.717) is 35.0 Å². The lowest BCUT2D eigenvalue weighted by molar-refractivity contribution is 0.0491. The number of carbonyl (C=O) groups is 1. The zero-order chi connectivity index (χ0) is 27.5. The summed E-state index contributed by atoms with van der Waals surface area (Å²) < 4.78 is 5.57. The number of aromatic nitrogens is 4. The molecule has 11 nitrogen and oxygen atoms in total. The zero-order valence-electron chi connectivity index (χ0n) is 22.1. The van der Waals surface area contributed by atoms with Gasteiger partial charge >= 0.3 is 6.01 Å². The lowest BCUT2D eigenvalue weighted by Gasteiger charge is -2.47. The van der Waals surface area contributed by atoms with Crippen LogP contribution in [0.2, 0.25) is 10.2 Å². The van der Waals surface area contributed by atoms with E-state index in [1.807, 2.05) is 11.8 Å². The van der Waals surface area contributed by atoms with Gasteiger partial charge in [0.2, 0.25) is 0 Å². The van der Waals surface area contributed by atoms with Crippen molar-refractivity contribution in [2.24, 2.45) is 0 Å². The molecule has 1 aromatic carbocycles. The predicted molar refractivity (Wildman–Crippen MR) is 152 cm³/mol. The fourth-order valence-corrected chi connectivity index (χ4v) is 5.77. The Kier molecular flexibility index (Phi) is 8.39. The number of hydrogen-bond acceptors (Lipinski definition) is 10. The lowest BCUT2D eigenvalue weighted by atomic mass is 9.97. The summed E-state index contributed by atoms with van der Waals surface area (Å²) in [4.78, 5) is 28.7. The third kappa shape index (κ3) is 5.90. The third-order valence-corrected chi connectivity index (χ3v) is 7.94. The Morgan fingerprint density at radius 2 is 1.82 bits per heavy atom. The molecule has 0 bridgehead atoms. The Balaban J connectivity index is 1.22. The van der Waals surface area contributed by atoms with Crippen LogP contribution < -0.4 is 16.0 Å². The van der Waals surface area contributed by atoms with Crippen LogP contribution in [-0.2, 0) is 0 Å². The SMILES string of the molecule is CCNc1nnc(-c2nc(Cl)c(N3CCN(C4CCN(C(=O)c5ccc(Cl)cc5)CC4)[C@@H](CC)C3)nc2N)o1. The highest BCUT2D eigenvalue weighted by Gasteiger charge is 2.35. The van der Waals surface area contributed by atoms with E-state index in [0.717, 1.165) is 52.0 Å². The molecule has 13 heteroatoms. The van der Waals surface area contributed by atoms with Crippen molar-refractivity contribution in [1.82, 2.24) is 30.0 Å². The van der Waals surface area contributed by atoms with Crippen molar-refractivity contribution in [3.63, 3.8) is 0 Å². The number of carbonyl (C=O) groups excluding carboxylic acids is 1. The molecular formula is C26H33Cl2N9O2. The molecule has 2 aromatic heterocycles. The highest BCUT2D eigenvalue weighted by atomic mass is 35.5. The number of benzene rings is 1. The van der Waals surface area contributed by atoms with Crippen molar-refractivity contribution >= 4 is 46.8 Å². The van der Waals surface area contributed by atoms with Gasteiger partial charge in [-0.2, -0.15) is 0 Å². The number of anilines is 3. The molecule has 4 heterocycles. The third-order valence-electron chi connectivity index (χ3n) is 7.43. The number of piperazine rings is 1. The quantitative estimate of drug-likeness (QED) is 0.426. The molecule has 2 fully saturated rings. The molecule has 2 aliphatic heterocycles. The number of nitrogens with one attached hydrogen (secondary N) is 1. The van der Waals surface area contributed by atoms with Gasteiger partial charge in [0.25, 0.3) is 11.8 Å². The first-order valence-electron chi connectivity index (χ1n) is 13.3. The second-order valence-electron chi connectivity index (χ2n) is 9.79. The zero-order valence-corrected chi connectivity index (χ0v) is 23.6. The van der Waals surface area contributed by atoms with Crippen molar-refractivity contribution in [2.45, 2.75) is 45.2 Å². The molecule has 0 saturated carbocycles. The molecule has 208 valence electrons. The Bertz CT molecular complexity index is 1300. The summed E-state index contributed by atoms with van der Waals surface area (Å²) >= 11 is 12.6. The molecule has 2 saturated heterocycles. The van der Waals surface area contributed by atoms with E-state index in [9.17, 15) is 4.79 Å². The van der Waals surface area contributed by atoms with E-state index in [2.05, 4.69) is 42.2 Å². The average Bonchev–Trinajstić information content (AvgIpc) is 3.42. The predicted octanol–water partition coefficient (Wildman–Crippen LogP) is 4.05. The molecule has 3 N–H and O–H groups in total. The topological polar surface area (TPSA) is 130 Å². The summed E-state index contributed by atoms with van der Waals surface area (Å²) in [5, 5.41) is 11.8. The van der Waals surface area contributed by atoms with Crippen LogP contribution >= 0.6 is 23.2 Å². The van der Waals surface area contributed by atoms with Gasteiger partial charge in [0.1, 0.15) is 0 Å². The van der Waals surface area contributed by atoms with E-state index in [1.165, 1.54) is 0 Å². The highest BCUT2D eigenvalue weighted by Crippen LogP contribution is 2.32. The van der Waals surface area contributed by atoms with E-state index in [4.69, 9.17) is 33.4 Å². The van der Waals surface area contributed by atoms with Crippen LogP contribution in [0.15, 0.2) is 28.7 Å². The number of nitrogens with zero attached hydrogens (tertiary/aromatic N) is 7. The fraction of sp³-hybridized carbons (Fsp3) is 0.500. The molecule has 1 atom stereocenters. The molecule has 0 spiro atoms. The Labute approximate surface area is 237 Å². The minimum atomic E-state index is 0.0645. The van der Waals surface area contributed by atoms with Crippen LogP contribution in [0.5, 0.6) is 0 Å². The van der Waals surface area contributed by atoms with Crippen molar-refractivity contribution in [3.8, 4) is 11.6 Å². The molecule has 0 radical (unpaired) electrons. The van der Waals surface area contributed by atoms with Crippen LogP contribution in [-0.4, -0.2) is 87.2 Å². The smallest absolute Gasteiger partial charge is 0.315 e. The van der Waals surface area contributed by atoms with Crippen molar-refractivity contribution < 1.29 is 9.21 Å². The molecule has 5 rings (SSSR count). The number of nitrogen functional groups attached to an aromatic ring is 1. The van der Waals surface area contributed by atoms with Gasteiger partial charge in [0.15, 0.2) is 22.5 Å². The summed E-state index contributed by atoms with van der Waals surface area (Å²) in [6.45, 7) is 8.63. The first-order chi connectivity index (χ1) is 18.9. The van der Waals surface area contributed by atoms with E-state index >= 15 is 0 Å². The maximum Gasteiger partial charge on any atom is 0.315 e. The number of hydrogen-bond donors (Lipinski definition) is 2. The molecule has 0 unspecified atom stereocenters. The average molecular weight is 575 g/mol. The van der Waals surface area contributed by atoms with Crippen molar-refractivity contribution in [2.75, 3.05) is 55.2 Å². The fourth-order valence-electron chi connectivity index (χ4n) is 5.40. The highest BCUT2D eigenvalue weighted by molar-refractivity contribution is 6.32. The molecule has 2 aliphatic rings. The normalized spacial score (nSPS) is 18.9. The van der Waals surface area contributed by atoms with Crippen LogP contribution in [0.25, 0.3) is 11.6 Å². The monoisotopic (exact) mass is 573 g/mol. The lowest BCUT2D eigenvalue weighted by Crippen LogP contribution is -2.58. The number of likely N-dealkylation sites (tertiary alicyclic amines) is 1. The minimum absolute atomic E-state index is 0.0645. The maximum atomic E-state index is 12.9. The number of halogens is 2. The summed E-state index contributed by atoms with van der Waals surface area (Å²) in [6, 6.07) is 8.13. The number of nitrogens with two attached hydrogens (primary N) is 1. The van der Waals surface area contributed by atoms with Crippen LogP contribution in [0.1, 0.15) is 43.5 Å². The van der Waals surface area contributed by atoms with Gasteiger partial charge in [0.05, 0.1) is 0 Å². The van der Waals surface area contributed by atoms with Crippen molar-refractivity contribution in [1.29, 1.82) is 0 Å². The summed E-state index contributed by atoms with van der Waals surface area (Å²) in [7, 11) is 0. The molecular weight excluding hydrogens is 541 g/mol. The Hall–Kier alpha value is -3.15. The molecule has 39 heavy (non-hydrogen) atoms. The second kappa shape index (κ2) is 11.9. The largest absolute Gasteiger partial charge is 0.402 e. The van der Waals surface area contributed by atoms with Gasteiger partial charge in [-0.25, -0.2) is 9.97 Å². The number of rotatable bonds is 7. The van der Waals surface area contributed by atoms with Crippen LogP contribution in [0, 0.1) is 0 Å². The van der Waals surface area contributed by atoms with Crippen LogP contribution in [0.3, 0.4) is 0 Å². The number of amides is 1. The van der Waals surface area contributed by atoms with Gasteiger partial charge in [-0.05, 0) is 50.5 Å². The number of piperidine rings is 1. The van der Waals surface area contributed by atoms with E-state index in [1.54, 1.807) is 24.3 Å². The Morgan fingerprint density at radius 3 is 2.51 bits per heavy atom. The van der Waals surface area contributed by atoms with E-state index < -0.39 is 0 Å². The Morgan fingerprint density at radius 1 is 1.08 bits per heavy atom.